The highest BCUT2D eigenvalue weighted by Gasteiger charge is 2.31. The van der Waals surface area contributed by atoms with Crippen LogP contribution in [0.25, 0.3) is 0 Å². The van der Waals surface area contributed by atoms with E-state index in [-0.39, 0.29) is 34.7 Å². The molecule has 3 unspecified atom stereocenters. The second kappa shape index (κ2) is 15.9. The molecule has 0 radical (unpaired) electrons. The van der Waals surface area contributed by atoms with Gasteiger partial charge in [0, 0.05) is 17.9 Å². The molecule has 6 rings (SSSR count). The fourth-order valence-corrected chi connectivity index (χ4v) is 6.51. The van der Waals surface area contributed by atoms with Gasteiger partial charge in [-0.2, -0.15) is 0 Å². The number of hydrogen-bond donors (Lipinski definition) is 0. The van der Waals surface area contributed by atoms with Crippen LogP contribution in [0.3, 0.4) is 0 Å². The number of benzene rings is 4. The van der Waals surface area contributed by atoms with E-state index >= 15 is 0 Å². The lowest BCUT2D eigenvalue weighted by molar-refractivity contribution is -0.0830. The predicted molar refractivity (Wildman–Crippen MR) is 209 cm³/mol. The summed E-state index contributed by atoms with van der Waals surface area (Å²) in [5, 5.41) is 0. The highest BCUT2D eigenvalue weighted by Crippen LogP contribution is 2.36. The zero-order chi connectivity index (χ0) is 37.9. The van der Waals surface area contributed by atoms with E-state index in [4.69, 9.17) is 33.2 Å². The van der Waals surface area contributed by atoms with Gasteiger partial charge in [0.05, 0.1) is 37.6 Å². The molecule has 0 amide bonds. The van der Waals surface area contributed by atoms with Gasteiger partial charge in [0.1, 0.15) is 43.0 Å². The van der Waals surface area contributed by atoms with Gasteiger partial charge in [0.15, 0.2) is 0 Å². The van der Waals surface area contributed by atoms with E-state index in [0.29, 0.717) is 26.4 Å². The van der Waals surface area contributed by atoms with Crippen molar-refractivity contribution in [2.75, 3.05) is 46.8 Å². The van der Waals surface area contributed by atoms with Gasteiger partial charge in [-0.25, -0.2) is 0 Å². The predicted octanol–water partition coefficient (Wildman–Crippen LogP) is 9.11. The average molecular weight is 723 g/mol. The third-order valence-electron chi connectivity index (χ3n) is 11.0. The Morgan fingerprint density at radius 3 is 1.26 bits per heavy atom. The van der Waals surface area contributed by atoms with E-state index in [0.717, 1.165) is 35.8 Å². The Labute approximate surface area is 316 Å². The third kappa shape index (κ3) is 9.88. The van der Waals surface area contributed by atoms with Crippen LogP contribution in [0.1, 0.15) is 88.8 Å². The molecule has 2 aliphatic rings. The van der Waals surface area contributed by atoms with Gasteiger partial charge in [-0.1, -0.05) is 100 Å². The number of ether oxygens (including phenoxy) is 7. The highest BCUT2D eigenvalue weighted by atomic mass is 16.6. The largest absolute Gasteiger partial charge is 0.491 e. The topological polar surface area (TPSA) is 71.2 Å². The molecule has 3 atom stereocenters. The maximum Gasteiger partial charge on any atom is 0.119 e. The lowest BCUT2D eigenvalue weighted by Gasteiger charge is -2.30. The molecule has 2 saturated heterocycles. The molecule has 53 heavy (non-hydrogen) atoms. The van der Waals surface area contributed by atoms with E-state index in [1.807, 2.05) is 24.3 Å². The van der Waals surface area contributed by atoms with Gasteiger partial charge in [0.25, 0.3) is 0 Å². The van der Waals surface area contributed by atoms with Crippen molar-refractivity contribution < 1.29 is 33.2 Å². The van der Waals surface area contributed by atoms with Crippen LogP contribution in [-0.2, 0) is 45.7 Å². The monoisotopic (exact) mass is 722 g/mol. The standard InChI is InChI=1S/C46H58O7/c1-43(2,33-12-16-37(17-13-33)46(7,8)53-31-42-29-51-42)34-18-22-38(23-19-34)48-26-40(47-9)30-52-45(5,6)36-14-10-32(11-15-36)44(3,4)35-20-24-39(25-21-35)49-27-41-28-50-41/h10-25,40-42H,26-31H2,1-9H3. The molecule has 7 heteroatoms. The minimum Gasteiger partial charge on any atom is -0.491 e. The quantitative estimate of drug-likeness (QED) is 0.0895. The molecule has 7 nitrogen and oxygen atoms in total. The molecule has 0 bridgehead atoms. The molecule has 0 saturated carbocycles. The average Bonchev–Trinajstić information content (AvgIpc) is 4.10. The molecule has 284 valence electrons. The second-order valence-corrected chi connectivity index (χ2v) is 16.5. The van der Waals surface area contributed by atoms with Crippen LogP contribution in [0, 0.1) is 0 Å². The van der Waals surface area contributed by atoms with Crippen molar-refractivity contribution in [3.05, 3.63) is 130 Å². The van der Waals surface area contributed by atoms with E-state index in [1.165, 1.54) is 22.3 Å². The van der Waals surface area contributed by atoms with Gasteiger partial charge < -0.3 is 33.2 Å². The van der Waals surface area contributed by atoms with Crippen molar-refractivity contribution in [2.24, 2.45) is 0 Å². The Bertz CT molecular complexity index is 1750. The van der Waals surface area contributed by atoms with Crippen molar-refractivity contribution >= 4 is 0 Å². The van der Waals surface area contributed by atoms with Crippen molar-refractivity contribution in [3.63, 3.8) is 0 Å². The molecule has 4 aromatic carbocycles. The number of rotatable bonds is 19. The van der Waals surface area contributed by atoms with Crippen molar-refractivity contribution in [2.45, 2.75) is 95.7 Å². The summed E-state index contributed by atoms with van der Waals surface area (Å²) in [6.45, 7) is 21.0. The van der Waals surface area contributed by atoms with E-state index < -0.39 is 5.60 Å². The van der Waals surface area contributed by atoms with Crippen LogP contribution in [0.2, 0.25) is 0 Å². The minimum atomic E-state index is -0.510. The Morgan fingerprint density at radius 1 is 0.491 bits per heavy atom. The van der Waals surface area contributed by atoms with Crippen LogP contribution >= 0.6 is 0 Å². The first-order valence-electron chi connectivity index (χ1n) is 18.9. The van der Waals surface area contributed by atoms with Gasteiger partial charge >= 0.3 is 0 Å². The number of hydrogen-bond acceptors (Lipinski definition) is 7. The van der Waals surface area contributed by atoms with Gasteiger partial charge in [0.2, 0.25) is 0 Å². The first kappa shape index (κ1) is 39.0. The first-order chi connectivity index (χ1) is 25.2. The minimum absolute atomic E-state index is 0.169. The van der Waals surface area contributed by atoms with E-state index in [9.17, 15) is 0 Å². The molecule has 2 fully saturated rings. The van der Waals surface area contributed by atoms with E-state index in [2.05, 4.69) is 128 Å². The van der Waals surface area contributed by atoms with Gasteiger partial charge in [-0.3, -0.25) is 0 Å². The Hall–Kier alpha value is -3.72. The summed E-state index contributed by atoms with van der Waals surface area (Å²) in [6, 6.07) is 34.3. The zero-order valence-electron chi connectivity index (χ0n) is 33.1. The lowest BCUT2D eigenvalue weighted by atomic mass is 9.77. The third-order valence-corrected chi connectivity index (χ3v) is 11.0. The molecular weight excluding hydrogens is 664 g/mol. The SMILES string of the molecule is COC(COc1ccc(C(C)(C)c2ccc(C(C)(C)OCC3CO3)cc2)cc1)COC(C)(C)c1ccc(C(C)(C)c2ccc(OCC3CO3)cc2)cc1. The maximum absolute atomic E-state index is 6.45. The van der Waals surface area contributed by atoms with Crippen LogP contribution < -0.4 is 9.47 Å². The Kier molecular flexibility index (Phi) is 11.7. The summed E-state index contributed by atoms with van der Waals surface area (Å²) in [5.74, 6) is 1.67. The maximum atomic E-state index is 6.45. The summed E-state index contributed by atoms with van der Waals surface area (Å²) >= 11 is 0. The summed E-state index contributed by atoms with van der Waals surface area (Å²) < 4.78 is 40.9. The smallest absolute Gasteiger partial charge is 0.119 e. The van der Waals surface area contributed by atoms with Gasteiger partial charge in [-0.15, -0.1) is 0 Å². The molecule has 2 aliphatic heterocycles. The van der Waals surface area contributed by atoms with Crippen molar-refractivity contribution in [1.82, 2.24) is 0 Å². The van der Waals surface area contributed by atoms with Crippen LogP contribution in [-0.4, -0.2) is 65.1 Å². The molecule has 2 heterocycles. The van der Waals surface area contributed by atoms with Crippen LogP contribution in [0.15, 0.2) is 97.1 Å². The lowest BCUT2D eigenvalue weighted by Crippen LogP contribution is -2.32. The zero-order valence-corrected chi connectivity index (χ0v) is 33.1. The molecule has 0 N–H and O–H groups in total. The Morgan fingerprint density at radius 2 is 0.849 bits per heavy atom. The highest BCUT2D eigenvalue weighted by molar-refractivity contribution is 5.43. The normalized spacial score (nSPS) is 18.1. The molecule has 0 aromatic heterocycles. The summed E-state index contributed by atoms with van der Waals surface area (Å²) in [6.07, 6.45) is 0.269. The van der Waals surface area contributed by atoms with Gasteiger partial charge in [-0.05, 0) is 85.3 Å². The summed E-state index contributed by atoms with van der Waals surface area (Å²) in [7, 11) is 1.70. The van der Waals surface area contributed by atoms with Crippen molar-refractivity contribution in [3.8, 4) is 11.5 Å². The van der Waals surface area contributed by atoms with Crippen LogP contribution in [0.4, 0.5) is 0 Å². The second-order valence-electron chi connectivity index (χ2n) is 16.5. The van der Waals surface area contributed by atoms with Crippen LogP contribution in [0.5, 0.6) is 11.5 Å². The summed E-state index contributed by atoms with van der Waals surface area (Å²) in [4.78, 5) is 0. The fourth-order valence-electron chi connectivity index (χ4n) is 6.51. The number of methoxy groups -OCH3 is 1. The summed E-state index contributed by atoms with van der Waals surface area (Å²) in [5.41, 5.74) is 5.95. The molecular formula is C46H58O7. The van der Waals surface area contributed by atoms with Crippen molar-refractivity contribution in [1.29, 1.82) is 0 Å². The van der Waals surface area contributed by atoms with E-state index in [1.54, 1.807) is 7.11 Å². The first-order valence-corrected chi connectivity index (χ1v) is 18.9. The molecule has 0 spiro atoms. The molecule has 0 aliphatic carbocycles. The fraction of sp³-hybridized carbons (Fsp3) is 0.478. The number of epoxide rings is 2. The Balaban J connectivity index is 0.992. The molecule has 4 aromatic rings.